The number of amides is 2. The molecule has 0 aliphatic heterocycles. The van der Waals surface area contributed by atoms with E-state index in [0.717, 1.165) is 5.56 Å². The monoisotopic (exact) mass is 357 g/mol. The fourth-order valence-corrected chi connectivity index (χ4v) is 2.55. The molecule has 7 heteroatoms. The smallest absolute Gasteiger partial charge is 0.265 e. The van der Waals surface area contributed by atoms with Crippen molar-refractivity contribution in [2.75, 3.05) is 0 Å². The predicted octanol–water partition coefficient (Wildman–Crippen LogP) is 2.10. The first-order valence-electron chi connectivity index (χ1n) is 7.67. The largest absolute Gasteiger partial charge is 0.333 e. The maximum atomic E-state index is 12.3. The van der Waals surface area contributed by atoms with Crippen LogP contribution in [0.15, 0.2) is 60.7 Å². The van der Waals surface area contributed by atoms with Crippen LogP contribution in [0.25, 0.3) is 0 Å². The van der Waals surface area contributed by atoms with Crippen molar-refractivity contribution in [3.8, 4) is 0 Å². The summed E-state index contributed by atoms with van der Waals surface area (Å²) in [5.41, 5.74) is 2.99. The van der Waals surface area contributed by atoms with Crippen LogP contribution in [0.1, 0.15) is 22.8 Å². The number of carbonyl (C=O) groups excluding carboxylic acids is 2. The van der Waals surface area contributed by atoms with Gasteiger partial charge in [0.25, 0.3) is 11.8 Å². The minimum absolute atomic E-state index is 0.105. The number of carbonyl (C=O) groups is 2. The van der Waals surface area contributed by atoms with Gasteiger partial charge in [0.05, 0.1) is 0 Å². The molecule has 1 atom stereocenters. The van der Waals surface area contributed by atoms with Crippen molar-refractivity contribution in [1.29, 1.82) is 0 Å². The SMILES string of the molecule is CC(C(=O)NO)N(Cc1ccccc1)C(=S)NC(=O)c1ccccc1. The Balaban J connectivity index is 2.17. The average molecular weight is 357 g/mol. The number of nitrogens with one attached hydrogen (secondary N) is 2. The first kappa shape index (κ1) is 18.6. The molecule has 0 saturated carbocycles. The molecule has 6 nitrogen and oxygen atoms in total. The Morgan fingerprint density at radius 1 is 1.08 bits per heavy atom. The van der Waals surface area contributed by atoms with Gasteiger partial charge in [0.1, 0.15) is 6.04 Å². The van der Waals surface area contributed by atoms with Crippen molar-refractivity contribution in [2.24, 2.45) is 0 Å². The van der Waals surface area contributed by atoms with Gasteiger partial charge in [-0.15, -0.1) is 0 Å². The highest BCUT2D eigenvalue weighted by Crippen LogP contribution is 2.10. The number of rotatable bonds is 5. The van der Waals surface area contributed by atoms with E-state index in [1.54, 1.807) is 36.7 Å². The second-order valence-corrected chi connectivity index (χ2v) is 5.78. The third-order valence-electron chi connectivity index (χ3n) is 3.67. The average Bonchev–Trinajstić information content (AvgIpc) is 2.66. The highest BCUT2D eigenvalue weighted by Gasteiger charge is 2.25. The number of thiocarbonyl (C=S) groups is 1. The number of benzene rings is 2. The maximum Gasteiger partial charge on any atom is 0.265 e. The van der Waals surface area contributed by atoms with Crippen molar-refractivity contribution in [3.05, 3.63) is 71.8 Å². The van der Waals surface area contributed by atoms with E-state index in [0.29, 0.717) is 12.1 Å². The maximum absolute atomic E-state index is 12.3. The molecular formula is C18H19N3O3S. The van der Waals surface area contributed by atoms with E-state index >= 15 is 0 Å². The Kier molecular flexibility index (Phi) is 6.62. The van der Waals surface area contributed by atoms with Crippen molar-refractivity contribution in [1.82, 2.24) is 15.7 Å². The molecular weight excluding hydrogens is 338 g/mol. The Hall–Kier alpha value is -2.77. The lowest BCUT2D eigenvalue weighted by Gasteiger charge is -2.30. The molecule has 2 rings (SSSR count). The highest BCUT2D eigenvalue weighted by molar-refractivity contribution is 7.80. The van der Waals surface area contributed by atoms with Crippen molar-refractivity contribution in [2.45, 2.75) is 19.5 Å². The molecule has 0 spiro atoms. The summed E-state index contributed by atoms with van der Waals surface area (Å²) < 4.78 is 0. The summed E-state index contributed by atoms with van der Waals surface area (Å²) >= 11 is 5.33. The highest BCUT2D eigenvalue weighted by atomic mass is 32.1. The molecule has 1 unspecified atom stereocenters. The minimum Gasteiger partial charge on any atom is -0.333 e. The Labute approximate surface area is 151 Å². The summed E-state index contributed by atoms with van der Waals surface area (Å²) in [5.74, 6) is -0.979. The molecule has 0 saturated heterocycles. The Bertz CT molecular complexity index is 738. The van der Waals surface area contributed by atoms with Gasteiger partial charge in [-0.2, -0.15) is 0 Å². The number of hydrogen-bond donors (Lipinski definition) is 3. The van der Waals surface area contributed by atoms with Gasteiger partial charge in [0.2, 0.25) is 0 Å². The minimum atomic E-state index is -0.770. The molecule has 0 radical (unpaired) electrons. The van der Waals surface area contributed by atoms with E-state index in [2.05, 4.69) is 5.32 Å². The number of nitrogens with zero attached hydrogens (tertiary/aromatic N) is 1. The topological polar surface area (TPSA) is 81.7 Å². The standard InChI is InChI=1S/C18H19N3O3S/c1-13(16(22)20-24)21(12-14-8-4-2-5-9-14)18(25)19-17(23)15-10-6-3-7-11-15/h2-11,13,24H,12H2,1H3,(H,20,22)(H,19,23,25). The van der Waals surface area contributed by atoms with Crippen LogP contribution in [0.2, 0.25) is 0 Å². The molecule has 3 N–H and O–H groups in total. The van der Waals surface area contributed by atoms with Crippen LogP contribution in [-0.2, 0) is 11.3 Å². The van der Waals surface area contributed by atoms with Crippen LogP contribution < -0.4 is 10.8 Å². The van der Waals surface area contributed by atoms with Gasteiger partial charge in [-0.25, -0.2) is 5.48 Å². The first-order chi connectivity index (χ1) is 12.0. The molecule has 2 aromatic rings. The predicted molar refractivity (Wildman–Crippen MR) is 97.9 cm³/mol. The summed E-state index contributed by atoms with van der Waals surface area (Å²) in [4.78, 5) is 25.7. The number of hydroxylamine groups is 1. The molecule has 25 heavy (non-hydrogen) atoms. The second kappa shape index (κ2) is 8.91. The van der Waals surface area contributed by atoms with Gasteiger partial charge >= 0.3 is 0 Å². The third-order valence-corrected chi connectivity index (χ3v) is 4.01. The lowest BCUT2D eigenvalue weighted by Crippen LogP contribution is -2.51. The van der Waals surface area contributed by atoms with E-state index in [4.69, 9.17) is 17.4 Å². The molecule has 0 aliphatic rings. The molecule has 2 aromatic carbocycles. The van der Waals surface area contributed by atoms with Gasteiger partial charge in [-0.05, 0) is 36.8 Å². The molecule has 130 valence electrons. The van der Waals surface area contributed by atoms with Crippen molar-refractivity contribution in [3.63, 3.8) is 0 Å². The fraction of sp³-hybridized carbons (Fsp3) is 0.167. The summed E-state index contributed by atoms with van der Waals surface area (Å²) in [7, 11) is 0. The fourth-order valence-electron chi connectivity index (χ4n) is 2.23. The molecule has 0 fully saturated rings. The van der Waals surface area contributed by atoms with Gasteiger partial charge < -0.3 is 4.90 Å². The van der Waals surface area contributed by atoms with Crippen LogP contribution in [0, 0.1) is 0 Å². The third kappa shape index (κ3) is 5.10. The van der Waals surface area contributed by atoms with Gasteiger partial charge in [-0.1, -0.05) is 48.5 Å². The zero-order valence-electron chi connectivity index (χ0n) is 13.7. The molecule has 0 bridgehead atoms. The normalized spacial score (nSPS) is 11.3. The van der Waals surface area contributed by atoms with Crippen molar-refractivity contribution >= 4 is 29.1 Å². The Morgan fingerprint density at radius 3 is 2.20 bits per heavy atom. The van der Waals surface area contributed by atoms with Gasteiger partial charge in [0.15, 0.2) is 5.11 Å². The number of hydrogen-bond acceptors (Lipinski definition) is 4. The van der Waals surface area contributed by atoms with E-state index in [1.807, 2.05) is 36.4 Å². The van der Waals surface area contributed by atoms with E-state index < -0.39 is 11.9 Å². The van der Waals surface area contributed by atoms with E-state index in [9.17, 15) is 9.59 Å². The van der Waals surface area contributed by atoms with Crippen LogP contribution in [-0.4, -0.2) is 33.1 Å². The molecule has 2 amide bonds. The molecule has 0 aromatic heterocycles. The van der Waals surface area contributed by atoms with Gasteiger partial charge in [-0.3, -0.25) is 20.1 Å². The molecule has 0 heterocycles. The zero-order valence-corrected chi connectivity index (χ0v) is 14.5. The second-order valence-electron chi connectivity index (χ2n) is 5.39. The summed E-state index contributed by atoms with van der Waals surface area (Å²) in [6.07, 6.45) is 0. The lowest BCUT2D eigenvalue weighted by atomic mass is 10.2. The summed E-state index contributed by atoms with van der Waals surface area (Å²) in [6.45, 7) is 1.90. The van der Waals surface area contributed by atoms with Gasteiger partial charge in [0, 0.05) is 12.1 Å². The van der Waals surface area contributed by atoms with Crippen LogP contribution in [0.3, 0.4) is 0 Å². The summed E-state index contributed by atoms with van der Waals surface area (Å²) in [5, 5.41) is 11.6. The molecule has 0 aliphatic carbocycles. The lowest BCUT2D eigenvalue weighted by molar-refractivity contribution is -0.133. The van der Waals surface area contributed by atoms with Crippen LogP contribution in [0.4, 0.5) is 0 Å². The summed E-state index contributed by atoms with van der Waals surface area (Å²) in [6, 6.07) is 17.3. The van der Waals surface area contributed by atoms with Crippen LogP contribution in [0.5, 0.6) is 0 Å². The van der Waals surface area contributed by atoms with Crippen molar-refractivity contribution < 1.29 is 14.8 Å². The quantitative estimate of drug-likeness (QED) is 0.434. The zero-order chi connectivity index (χ0) is 18.2. The Morgan fingerprint density at radius 2 is 1.64 bits per heavy atom. The van der Waals surface area contributed by atoms with E-state index in [-0.39, 0.29) is 11.0 Å². The first-order valence-corrected chi connectivity index (χ1v) is 8.08. The van der Waals surface area contributed by atoms with E-state index in [1.165, 1.54) is 4.90 Å². The van der Waals surface area contributed by atoms with Crippen LogP contribution >= 0.6 is 12.2 Å².